The van der Waals surface area contributed by atoms with Crippen LogP contribution in [0.5, 0.6) is 0 Å². The second kappa shape index (κ2) is 6.17. The number of rotatable bonds is 5. The van der Waals surface area contributed by atoms with E-state index in [2.05, 4.69) is 28.9 Å². The largest absolute Gasteiger partial charge is 0.392 e. The van der Waals surface area contributed by atoms with Crippen LogP contribution in [0.2, 0.25) is 0 Å². The molecule has 0 aliphatic carbocycles. The Kier molecular flexibility index (Phi) is 4.31. The molecule has 0 atom stereocenters. The van der Waals surface area contributed by atoms with Crippen molar-refractivity contribution in [1.82, 2.24) is 4.98 Å². The van der Waals surface area contributed by atoms with Gasteiger partial charge in [-0.15, -0.1) is 0 Å². The first kappa shape index (κ1) is 12.6. The van der Waals surface area contributed by atoms with Crippen LogP contribution < -0.4 is 4.90 Å². The maximum Gasteiger partial charge on any atom is 0.134 e. The van der Waals surface area contributed by atoms with Crippen molar-refractivity contribution in [3.63, 3.8) is 0 Å². The highest BCUT2D eigenvalue weighted by molar-refractivity contribution is 5.46. The first-order valence-electron chi connectivity index (χ1n) is 6.18. The van der Waals surface area contributed by atoms with Crippen LogP contribution in [-0.2, 0) is 13.2 Å². The van der Waals surface area contributed by atoms with E-state index in [1.54, 1.807) is 6.20 Å². The lowest BCUT2D eigenvalue weighted by Crippen LogP contribution is -2.24. The molecule has 2 rings (SSSR count). The van der Waals surface area contributed by atoms with E-state index in [-0.39, 0.29) is 6.61 Å². The second-order valence-corrected chi connectivity index (χ2v) is 4.14. The van der Waals surface area contributed by atoms with E-state index in [9.17, 15) is 5.11 Å². The van der Waals surface area contributed by atoms with Gasteiger partial charge in [-0.3, -0.25) is 0 Å². The van der Waals surface area contributed by atoms with Gasteiger partial charge in [-0.25, -0.2) is 4.98 Å². The minimum Gasteiger partial charge on any atom is -0.392 e. The van der Waals surface area contributed by atoms with Crippen molar-refractivity contribution in [2.75, 3.05) is 11.4 Å². The summed E-state index contributed by atoms with van der Waals surface area (Å²) in [5.74, 6) is 0.867. The summed E-state index contributed by atoms with van der Waals surface area (Å²) in [4.78, 5) is 6.55. The molecule has 1 N–H and O–H groups in total. The Labute approximate surface area is 108 Å². The first-order chi connectivity index (χ1) is 8.85. The fraction of sp³-hybridized carbons (Fsp3) is 0.267. The van der Waals surface area contributed by atoms with Gasteiger partial charge in [0.15, 0.2) is 0 Å². The molecule has 18 heavy (non-hydrogen) atoms. The number of aromatic nitrogens is 1. The molecular weight excluding hydrogens is 224 g/mol. The van der Waals surface area contributed by atoms with Gasteiger partial charge in [-0.2, -0.15) is 0 Å². The molecule has 94 valence electrons. The van der Waals surface area contributed by atoms with Crippen molar-refractivity contribution in [2.24, 2.45) is 0 Å². The minimum atomic E-state index is 0.0223. The van der Waals surface area contributed by atoms with E-state index in [4.69, 9.17) is 0 Å². The predicted molar refractivity (Wildman–Crippen MR) is 73.3 cm³/mol. The highest BCUT2D eigenvalue weighted by Crippen LogP contribution is 2.19. The standard InChI is InChI=1S/C15H18N2O/c1-2-17(11-13-7-4-3-5-8-13)15-14(12-18)9-6-10-16-15/h3-10,18H,2,11-12H2,1H3. The van der Waals surface area contributed by atoms with E-state index in [0.29, 0.717) is 0 Å². The second-order valence-electron chi connectivity index (χ2n) is 4.14. The van der Waals surface area contributed by atoms with E-state index in [1.165, 1.54) is 5.56 Å². The molecule has 0 unspecified atom stereocenters. The minimum absolute atomic E-state index is 0.0223. The molecule has 0 amide bonds. The summed E-state index contributed by atoms with van der Waals surface area (Å²) in [6, 6.07) is 14.1. The van der Waals surface area contributed by atoms with Gasteiger partial charge in [0.25, 0.3) is 0 Å². The van der Waals surface area contributed by atoms with Crippen LogP contribution in [0.1, 0.15) is 18.1 Å². The molecule has 1 aromatic heterocycles. The van der Waals surface area contributed by atoms with Crippen molar-refractivity contribution < 1.29 is 5.11 Å². The van der Waals surface area contributed by atoms with Gasteiger partial charge < -0.3 is 10.0 Å². The molecule has 1 aromatic carbocycles. The number of benzene rings is 1. The third-order valence-electron chi connectivity index (χ3n) is 2.94. The molecule has 3 heteroatoms. The Balaban J connectivity index is 2.23. The lowest BCUT2D eigenvalue weighted by atomic mass is 10.2. The molecule has 0 saturated heterocycles. The zero-order chi connectivity index (χ0) is 12.8. The molecule has 0 spiro atoms. The Bertz CT molecular complexity index is 485. The van der Waals surface area contributed by atoms with Crippen LogP contribution in [0.4, 0.5) is 5.82 Å². The monoisotopic (exact) mass is 242 g/mol. The Hall–Kier alpha value is -1.87. The van der Waals surface area contributed by atoms with Crippen LogP contribution in [0.15, 0.2) is 48.7 Å². The van der Waals surface area contributed by atoms with Gasteiger partial charge in [-0.1, -0.05) is 36.4 Å². The van der Waals surface area contributed by atoms with Gasteiger partial charge >= 0.3 is 0 Å². The zero-order valence-corrected chi connectivity index (χ0v) is 10.6. The predicted octanol–water partition coefficient (Wildman–Crippen LogP) is 2.60. The maximum atomic E-state index is 9.36. The van der Waals surface area contributed by atoms with E-state index in [0.717, 1.165) is 24.5 Å². The van der Waals surface area contributed by atoms with Gasteiger partial charge in [0.2, 0.25) is 0 Å². The third-order valence-corrected chi connectivity index (χ3v) is 2.94. The Morgan fingerprint density at radius 1 is 1.11 bits per heavy atom. The smallest absolute Gasteiger partial charge is 0.134 e. The van der Waals surface area contributed by atoms with Crippen LogP contribution in [-0.4, -0.2) is 16.6 Å². The van der Waals surface area contributed by atoms with Gasteiger partial charge in [0.1, 0.15) is 5.82 Å². The molecule has 0 bridgehead atoms. The van der Waals surface area contributed by atoms with Crippen molar-refractivity contribution in [3.8, 4) is 0 Å². The normalized spacial score (nSPS) is 10.3. The van der Waals surface area contributed by atoms with Gasteiger partial charge in [0.05, 0.1) is 6.61 Å². The summed E-state index contributed by atoms with van der Waals surface area (Å²) in [5.41, 5.74) is 2.11. The van der Waals surface area contributed by atoms with Crippen molar-refractivity contribution in [1.29, 1.82) is 0 Å². The summed E-state index contributed by atoms with van der Waals surface area (Å²) in [5, 5.41) is 9.36. The number of hydrogen-bond acceptors (Lipinski definition) is 3. The van der Waals surface area contributed by atoms with Crippen molar-refractivity contribution in [3.05, 3.63) is 59.8 Å². The number of aliphatic hydroxyl groups is 1. The Morgan fingerprint density at radius 2 is 1.89 bits per heavy atom. The van der Waals surface area contributed by atoms with E-state index < -0.39 is 0 Å². The van der Waals surface area contributed by atoms with Gasteiger partial charge in [-0.05, 0) is 18.6 Å². The average Bonchev–Trinajstić information content (AvgIpc) is 2.46. The van der Waals surface area contributed by atoms with Crippen molar-refractivity contribution in [2.45, 2.75) is 20.1 Å². The van der Waals surface area contributed by atoms with Crippen LogP contribution >= 0.6 is 0 Å². The molecule has 0 aliphatic rings. The van der Waals surface area contributed by atoms with Crippen molar-refractivity contribution >= 4 is 5.82 Å². The lowest BCUT2D eigenvalue weighted by Gasteiger charge is -2.24. The summed E-state index contributed by atoms with van der Waals surface area (Å²) in [7, 11) is 0. The summed E-state index contributed by atoms with van der Waals surface area (Å²) in [6.07, 6.45) is 1.77. The van der Waals surface area contributed by atoms with E-state index in [1.807, 2.05) is 30.3 Å². The molecule has 3 nitrogen and oxygen atoms in total. The molecular formula is C15H18N2O. The highest BCUT2D eigenvalue weighted by Gasteiger charge is 2.10. The first-order valence-corrected chi connectivity index (χ1v) is 6.18. The number of aliphatic hydroxyl groups excluding tert-OH is 1. The summed E-state index contributed by atoms with van der Waals surface area (Å²) >= 11 is 0. The molecule has 1 heterocycles. The summed E-state index contributed by atoms with van der Waals surface area (Å²) in [6.45, 7) is 3.79. The number of pyridine rings is 1. The summed E-state index contributed by atoms with van der Waals surface area (Å²) < 4.78 is 0. The van der Waals surface area contributed by atoms with Gasteiger partial charge in [0, 0.05) is 24.8 Å². The maximum absolute atomic E-state index is 9.36. The quantitative estimate of drug-likeness (QED) is 0.875. The number of anilines is 1. The van der Waals surface area contributed by atoms with Crippen LogP contribution in [0.25, 0.3) is 0 Å². The number of hydrogen-bond donors (Lipinski definition) is 1. The van der Waals surface area contributed by atoms with E-state index >= 15 is 0 Å². The fourth-order valence-electron chi connectivity index (χ4n) is 1.98. The molecule has 0 fully saturated rings. The molecule has 0 saturated carbocycles. The molecule has 0 radical (unpaired) electrons. The SMILES string of the molecule is CCN(Cc1ccccc1)c1ncccc1CO. The Morgan fingerprint density at radius 3 is 2.56 bits per heavy atom. The average molecular weight is 242 g/mol. The topological polar surface area (TPSA) is 36.4 Å². The fourth-order valence-corrected chi connectivity index (χ4v) is 1.98. The zero-order valence-electron chi connectivity index (χ0n) is 10.6. The lowest BCUT2D eigenvalue weighted by molar-refractivity contribution is 0.281. The molecule has 2 aromatic rings. The van der Waals surface area contributed by atoms with Crippen LogP contribution in [0.3, 0.4) is 0 Å². The number of nitrogens with zero attached hydrogens (tertiary/aromatic N) is 2. The van der Waals surface area contributed by atoms with Crippen LogP contribution in [0, 0.1) is 0 Å². The highest BCUT2D eigenvalue weighted by atomic mass is 16.3. The molecule has 0 aliphatic heterocycles. The third kappa shape index (κ3) is 2.87.